The first-order valence-corrected chi connectivity index (χ1v) is 11.0. The molecule has 2 nitrogen and oxygen atoms in total. The Morgan fingerprint density at radius 2 is 1.89 bits per heavy atom. The number of hydrogen-bond acceptors (Lipinski definition) is 2. The molecule has 5 heteroatoms. The van der Waals surface area contributed by atoms with Gasteiger partial charge in [-0.05, 0) is 18.2 Å². The third kappa shape index (κ3) is 4.23. The summed E-state index contributed by atoms with van der Waals surface area (Å²) in [6, 6.07) is 8.64. The van der Waals surface area contributed by atoms with Gasteiger partial charge in [-0.3, -0.25) is 0 Å². The molecule has 1 aliphatic heterocycles. The lowest BCUT2D eigenvalue weighted by molar-refractivity contribution is 0.0573. The zero-order valence-corrected chi connectivity index (χ0v) is 14.0. The van der Waals surface area contributed by atoms with E-state index in [4.69, 9.17) is 28.0 Å². The van der Waals surface area contributed by atoms with Gasteiger partial charge in [0.15, 0.2) is 0 Å². The number of alkyl halides is 1. The third-order valence-corrected chi connectivity index (χ3v) is 5.36. The SMILES string of the molecule is C[Si](C)(C)C[C@H]1C[C@H](Cl)C(c2ccc(Cl)cc2)=NO1. The van der Waals surface area contributed by atoms with E-state index in [1.54, 1.807) is 0 Å². The van der Waals surface area contributed by atoms with E-state index in [0.29, 0.717) is 5.02 Å². The highest BCUT2D eigenvalue weighted by molar-refractivity contribution is 6.76. The van der Waals surface area contributed by atoms with Gasteiger partial charge in [0.2, 0.25) is 0 Å². The number of nitrogens with zero attached hydrogens (tertiary/aromatic N) is 1. The van der Waals surface area contributed by atoms with Gasteiger partial charge < -0.3 is 4.84 Å². The fourth-order valence-electron chi connectivity index (χ4n) is 2.23. The predicted molar refractivity (Wildman–Crippen MR) is 85.3 cm³/mol. The van der Waals surface area contributed by atoms with Crippen molar-refractivity contribution in [2.75, 3.05) is 0 Å². The van der Waals surface area contributed by atoms with E-state index in [-0.39, 0.29) is 11.5 Å². The molecular formula is C14H19Cl2NOSi. The summed E-state index contributed by atoms with van der Waals surface area (Å²) in [5.74, 6) is 0. The summed E-state index contributed by atoms with van der Waals surface area (Å²) in [5, 5.41) is 4.86. The van der Waals surface area contributed by atoms with Crippen molar-refractivity contribution in [1.29, 1.82) is 0 Å². The van der Waals surface area contributed by atoms with Crippen LogP contribution in [0.3, 0.4) is 0 Å². The van der Waals surface area contributed by atoms with Crippen LogP contribution in [0.1, 0.15) is 12.0 Å². The quantitative estimate of drug-likeness (QED) is 0.581. The van der Waals surface area contributed by atoms with Gasteiger partial charge in [-0.1, -0.05) is 48.5 Å². The maximum absolute atomic E-state index is 6.45. The Kier molecular flexibility index (Phi) is 4.59. The van der Waals surface area contributed by atoms with Gasteiger partial charge in [0.05, 0.1) is 5.38 Å². The number of rotatable bonds is 3. The summed E-state index contributed by atoms with van der Waals surface area (Å²) >= 11 is 12.3. The van der Waals surface area contributed by atoms with Crippen LogP contribution < -0.4 is 0 Å². The first kappa shape index (κ1) is 14.9. The van der Waals surface area contributed by atoms with Gasteiger partial charge in [-0.25, -0.2) is 0 Å². The van der Waals surface area contributed by atoms with Gasteiger partial charge in [0.25, 0.3) is 0 Å². The molecule has 2 rings (SSSR count). The predicted octanol–water partition coefficient (Wildman–Crippen LogP) is 4.78. The lowest BCUT2D eigenvalue weighted by Gasteiger charge is -2.28. The van der Waals surface area contributed by atoms with Crippen LogP contribution >= 0.6 is 23.2 Å². The molecule has 0 saturated heterocycles. The second-order valence-corrected chi connectivity index (χ2v) is 12.7. The highest BCUT2D eigenvalue weighted by atomic mass is 35.5. The van der Waals surface area contributed by atoms with Crippen LogP contribution in [0, 0.1) is 0 Å². The first-order chi connectivity index (χ1) is 8.85. The highest BCUT2D eigenvalue weighted by Crippen LogP contribution is 2.27. The second kappa shape index (κ2) is 5.86. The van der Waals surface area contributed by atoms with E-state index in [2.05, 4.69) is 24.8 Å². The molecule has 0 amide bonds. The summed E-state index contributed by atoms with van der Waals surface area (Å²) in [6.07, 6.45) is 0.984. The maximum atomic E-state index is 6.45. The highest BCUT2D eigenvalue weighted by Gasteiger charge is 2.30. The summed E-state index contributed by atoms with van der Waals surface area (Å²) in [5.41, 5.74) is 1.79. The van der Waals surface area contributed by atoms with E-state index in [9.17, 15) is 0 Å². The Balaban J connectivity index is 2.10. The van der Waals surface area contributed by atoms with E-state index in [1.807, 2.05) is 24.3 Å². The fourth-order valence-corrected chi connectivity index (χ4v) is 4.33. The van der Waals surface area contributed by atoms with E-state index in [1.165, 1.54) is 0 Å². The van der Waals surface area contributed by atoms with Crippen LogP contribution in [0.2, 0.25) is 30.7 Å². The molecular weight excluding hydrogens is 297 g/mol. The Morgan fingerprint density at radius 1 is 1.26 bits per heavy atom. The van der Waals surface area contributed by atoms with Crippen LogP contribution in [-0.4, -0.2) is 25.3 Å². The van der Waals surface area contributed by atoms with Crippen LogP contribution in [0.15, 0.2) is 29.4 Å². The van der Waals surface area contributed by atoms with Crippen molar-refractivity contribution in [1.82, 2.24) is 0 Å². The molecule has 1 aliphatic rings. The molecule has 0 aliphatic carbocycles. The molecule has 0 spiro atoms. The monoisotopic (exact) mass is 315 g/mol. The van der Waals surface area contributed by atoms with Crippen LogP contribution in [0.4, 0.5) is 0 Å². The fraction of sp³-hybridized carbons (Fsp3) is 0.500. The summed E-state index contributed by atoms with van der Waals surface area (Å²) in [6.45, 7) is 6.99. The molecule has 0 radical (unpaired) electrons. The molecule has 0 N–H and O–H groups in total. The van der Waals surface area contributed by atoms with Crippen molar-refractivity contribution in [2.24, 2.45) is 5.16 Å². The van der Waals surface area contributed by atoms with Crippen LogP contribution in [0.25, 0.3) is 0 Å². The molecule has 1 heterocycles. The Hall–Kier alpha value is -0.513. The van der Waals surface area contributed by atoms with E-state index < -0.39 is 8.07 Å². The largest absolute Gasteiger partial charge is 0.392 e. The molecule has 19 heavy (non-hydrogen) atoms. The average molecular weight is 316 g/mol. The lowest BCUT2D eigenvalue weighted by atomic mass is 10.0. The van der Waals surface area contributed by atoms with Gasteiger partial charge in [-0.2, -0.15) is 0 Å². The first-order valence-electron chi connectivity index (χ1n) is 6.49. The lowest BCUT2D eigenvalue weighted by Crippen LogP contribution is -2.34. The van der Waals surface area contributed by atoms with Gasteiger partial charge in [0, 0.05) is 25.1 Å². The average Bonchev–Trinajstić information content (AvgIpc) is 2.29. The molecule has 0 bridgehead atoms. The smallest absolute Gasteiger partial charge is 0.127 e. The topological polar surface area (TPSA) is 21.6 Å². The van der Waals surface area contributed by atoms with E-state index in [0.717, 1.165) is 23.7 Å². The van der Waals surface area contributed by atoms with Crippen molar-refractivity contribution in [3.63, 3.8) is 0 Å². The minimum Gasteiger partial charge on any atom is -0.392 e. The molecule has 0 saturated carbocycles. The summed E-state index contributed by atoms with van der Waals surface area (Å²) < 4.78 is 0. The number of benzene rings is 1. The van der Waals surface area contributed by atoms with Crippen molar-refractivity contribution in [3.05, 3.63) is 34.9 Å². The zero-order valence-electron chi connectivity index (χ0n) is 11.5. The molecule has 1 aromatic carbocycles. The molecule has 0 aromatic heterocycles. The second-order valence-electron chi connectivity index (χ2n) is 6.18. The normalized spacial score (nSPS) is 23.7. The molecule has 104 valence electrons. The Labute approximate surface area is 125 Å². The van der Waals surface area contributed by atoms with Gasteiger partial charge in [0.1, 0.15) is 11.8 Å². The minimum absolute atomic E-state index is 0.0868. The van der Waals surface area contributed by atoms with Crippen LogP contribution in [0.5, 0.6) is 0 Å². The van der Waals surface area contributed by atoms with Crippen molar-refractivity contribution < 1.29 is 4.84 Å². The van der Waals surface area contributed by atoms with E-state index >= 15 is 0 Å². The summed E-state index contributed by atoms with van der Waals surface area (Å²) in [4.78, 5) is 5.63. The molecule has 0 fully saturated rings. The van der Waals surface area contributed by atoms with Crippen molar-refractivity contribution >= 4 is 37.0 Å². The molecule has 2 atom stereocenters. The van der Waals surface area contributed by atoms with Gasteiger partial charge in [-0.15, -0.1) is 11.6 Å². The zero-order chi connectivity index (χ0) is 14.0. The van der Waals surface area contributed by atoms with Crippen molar-refractivity contribution in [3.8, 4) is 0 Å². The third-order valence-electron chi connectivity index (χ3n) is 3.05. The van der Waals surface area contributed by atoms with Crippen LogP contribution in [-0.2, 0) is 4.84 Å². The Bertz CT molecular complexity index is 467. The summed E-state index contributed by atoms with van der Waals surface area (Å²) in [7, 11) is -1.15. The van der Waals surface area contributed by atoms with Gasteiger partial charge >= 0.3 is 0 Å². The number of halogens is 2. The maximum Gasteiger partial charge on any atom is 0.127 e. The number of oxime groups is 1. The Morgan fingerprint density at radius 3 is 2.42 bits per heavy atom. The number of hydrogen-bond donors (Lipinski definition) is 0. The minimum atomic E-state index is -1.15. The molecule has 0 unspecified atom stereocenters. The standard InChI is InChI=1S/C14H19Cl2NOSi/c1-19(2,3)9-12-8-13(16)14(17-18-12)10-4-6-11(15)7-5-10/h4-7,12-13H,8-9H2,1-3H3/t12-,13+/m1/s1. The van der Waals surface area contributed by atoms with Crippen molar-refractivity contribution in [2.45, 2.75) is 43.6 Å². The molecule has 1 aromatic rings.